The predicted octanol–water partition coefficient (Wildman–Crippen LogP) is 2.65. The Kier molecular flexibility index (Phi) is 5.07. The lowest BCUT2D eigenvalue weighted by atomic mass is 10.1. The van der Waals surface area contributed by atoms with Crippen molar-refractivity contribution in [3.8, 4) is 0 Å². The van der Waals surface area contributed by atoms with E-state index in [9.17, 15) is 18.7 Å². The molecular weight excluding hydrogens is 276 g/mol. The van der Waals surface area contributed by atoms with Gasteiger partial charge in [-0.3, -0.25) is 4.79 Å². The van der Waals surface area contributed by atoms with Crippen molar-refractivity contribution >= 4 is 11.5 Å². The number of aliphatic hydroxyl groups excluding tert-OH is 1. The van der Waals surface area contributed by atoms with Crippen molar-refractivity contribution < 1.29 is 18.7 Å². The van der Waals surface area contributed by atoms with E-state index >= 15 is 0 Å². The summed E-state index contributed by atoms with van der Waals surface area (Å²) >= 11 is 0. The minimum atomic E-state index is -0.692. The van der Waals surface area contributed by atoms with E-state index in [-0.39, 0.29) is 23.5 Å². The summed E-state index contributed by atoms with van der Waals surface area (Å²) in [6.45, 7) is 2.01. The van der Waals surface area contributed by atoms with Gasteiger partial charge in [0, 0.05) is 30.2 Å². The highest BCUT2D eigenvalue weighted by Crippen LogP contribution is 2.24. The molecule has 0 spiro atoms. The molecule has 2 N–H and O–H groups in total. The second-order valence-corrected chi connectivity index (χ2v) is 5.46. The Balaban J connectivity index is 1.96. The smallest absolute Gasteiger partial charge is 0.244 e. The van der Waals surface area contributed by atoms with Gasteiger partial charge in [0.05, 0.1) is 6.10 Å². The molecule has 1 fully saturated rings. The van der Waals surface area contributed by atoms with Gasteiger partial charge in [0.25, 0.3) is 0 Å². The Morgan fingerprint density at radius 1 is 1.43 bits per heavy atom. The molecule has 2 unspecified atom stereocenters. The number of carbonyl (C=O) groups excluding carboxylic acids is 1. The molecule has 0 bridgehead atoms. The van der Waals surface area contributed by atoms with Crippen LogP contribution in [0.25, 0.3) is 5.57 Å². The van der Waals surface area contributed by atoms with Crippen molar-refractivity contribution in [3.05, 3.63) is 41.5 Å². The summed E-state index contributed by atoms with van der Waals surface area (Å²) in [6.07, 6.45) is 3.58. The van der Waals surface area contributed by atoms with Crippen LogP contribution in [0.4, 0.5) is 8.78 Å². The zero-order valence-electron chi connectivity index (χ0n) is 11.9. The van der Waals surface area contributed by atoms with Gasteiger partial charge in [-0.2, -0.15) is 0 Å². The number of allylic oxidation sites excluding steroid dienone is 1. The predicted molar refractivity (Wildman–Crippen MR) is 76.4 cm³/mol. The van der Waals surface area contributed by atoms with Crippen LogP contribution >= 0.6 is 0 Å². The molecule has 1 aliphatic rings. The Hall–Kier alpha value is -1.75. The molecule has 0 saturated heterocycles. The number of hydrogen-bond acceptors (Lipinski definition) is 2. The first-order valence-electron chi connectivity index (χ1n) is 7.07. The average Bonchev–Trinajstić information content (AvgIpc) is 2.81. The number of amides is 1. The van der Waals surface area contributed by atoms with Crippen molar-refractivity contribution in [3.63, 3.8) is 0 Å². The third kappa shape index (κ3) is 4.11. The average molecular weight is 295 g/mol. The second-order valence-electron chi connectivity index (χ2n) is 5.46. The van der Waals surface area contributed by atoms with Crippen LogP contribution in [0.2, 0.25) is 0 Å². The van der Waals surface area contributed by atoms with Gasteiger partial charge in [-0.05, 0) is 37.5 Å². The van der Waals surface area contributed by atoms with E-state index in [1.165, 1.54) is 12.1 Å². The summed E-state index contributed by atoms with van der Waals surface area (Å²) in [5.74, 6) is -1.59. The summed E-state index contributed by atoms with van der Waals surface area (Å²) in [4.78, 5) is 11.8. The molecule has 2 atom stereocenters. The Bertz CT molecular complexity index is 557. The third-order valence-electron chi connectivity index (χ3n) is 3.86. The fourth-order valence-corrected chi connectivity index (χ4v) is 2.62. The van der Waals surface area contributed by atoms with Crippen LogP contribution < -0.4 is 5.32 Å². The van der Waals surface area contributed by atoms with Gasteiger partial charge in [-0.25, -0.2) is 8.78 Å². The largest absolute Gasteiger partial charge is 0.393 e. The molecule has 1 aromatic rings. The van der Waals surface area contributed by atoms with Crippen molar-refractivity contribution in [1.29, 1.82) is 0 Å². The molecule has 21 heavy (non-hydrogen) atoms. The first-order valence-corrected chi connectivity index (χ1v) is 7.07. The normalized spacial score (nSPS) is 22.4. The monoisotopic (exact) mass is 295 g/mol. The number of carbonyl (C=O) groups is 1. The van der Waals surface area contributed by atoms with Crippen LogP contribution in [0.15, 0.2) is 24.3 Å². The van der Waals surface area contributed by atoms with Crippen LogP contribution in [0.1, 0.15) is 31.7 Å². The van der Waals surface area contributed by atoms with E-state index in [4.69, 9.17) is 0 Å². The fraction of sp³-hybridized carbons (Fsp3) is 0.438. The number of benzene rings is 1. The lowest BCUT2D eigenvalue weighted by molar-refractivity contribution is -0.116. The van der Waals surface area contributed by atoms with Gasteiger partial charge in [-0.1, -0.05) is 6.42 Å². The van der Waals surface area contributed by atoms with Crippen molar-refractivity contribution in [1.82, 2.24) is 5.32 Å². The molecule has 0 aromatic heterocycles. The van der Waals surface area contributed by atoms with E-state index in [1.54, 1.807) is 6.92 Å². The van der Waals surface area contributed by atoms with E-state index in [2.05, 4.69) is 5.32 Å². The lowest BCUT2D eigenvalue weighted by Gasteiger charge is -2.14. The zero-order valence-corrected chi connectivity index (χ0v) is 11.9. The standard InChI is InChI=1S/C16H19F2NO2/c1-10(13-6-5-12(17)8-14(13)18)7-16(21)19-9-11-3-2-4-15(11)20/h5-8,11,15,20H,2-4,9H2,1H3,(H,19,21). The summed E-state index contributed by atoms with van der Waals surface area (Å²) < 4.78 is 26.4. The Morgan fingerprint density at radius 2 is 2.19 bits per heavy atom. The molecule has 2 rings (SSSR count). The molecule has 5 heteroatoms. The molecule has 1 saturated carbocycles. The fourth-order valence-electron chi connectivity index (χ4n) is 2.62. The van der Waals surface area contributed by atoms with E-state index < -0.39 is 11.6 Å². The Morgan fingerprint density at radius 3 is 2.81 bits per heavy atom. The molecule has 1 aromatic carbocycles. The SMILES string of the molecule is CC(=CC(=O)NCC1CCCC1O)c1ccc(F)cc1F. The second kappa shape index (κ2) is 6.80. The summed E-state index contributed by atoms with van der Waals surface area (Å²) in [6, 6.07) is 3.26. The maximum Gasteiger partial charge on any atom is 0.244 e. The molecular formula is C16H19F2NO2. The van der Waals surface area contributed by atoms with Gasteiger partial charge in [0.1, 0.15) is 11.6 Å². The highest BCUT2D eigenvalue weighted by molar-refractivity contribution is 5.94. The molecule has 0 aliphatic heterocycles. The first kappa shape index (κ1) is 15.6. The number of nitrogens with one attached hydrogen (secondary N) is 1. The molecule has 0 heterocycles. The van der Waals surface area contributed by atoms with Crippen LogP contribution in [0.3, 0.4) is 0 Å². The molecule has 0 radical (unpaired) electrons. The van der Waals surface area contributed by atoms with E-state index in [0.29, 0.717) is 12.1 Å². The molecule has 1 amide bonds. The van der Waals surface area contributed by atoms with Gasteiger partial charge < -0.3 is 10.4 Å². The topological polar surface area (TPSA) is 49.3 Å². The van der Waals surface area contributed by atoms with Gasteiger partial charge >= 0.3 is 0 Å². The first-order chi connectivity index (χ1) is 9.97. The highest BCUT2D eigenvalue weighted by Gasteiger charge is 2.25. The highest BCUT2D eigenvalue weighted by atomic mass is 19.1. The van der Waals surface area contributed by atoms with Crippen molar-refractivity contribution in [2.45, 2.75) is 32.3 Å². The molecule has 3 nitrogen and oxygen atoms in total. The zero-order chi connectivity index (χ0) is 15.4. The lowest BCUT2D eigenvalue weighted by Crippen LogP contribution is -2.31. The summed E-state index contributed by atoms with van der Waals surface area (Å²) in [5, 5.41) is 12.4. The van der Waals surface area contributed by atoms with Crippen LogP contribution in [0, 0.1) is 17.6 Å². The number of halogens is 2. The minimum absolute atomic E-state index is 0.0882. The quantitative estimate of drug-likeness (QED) is 0.839. The summed E-state index contributed by atoms with van der Waals surface area (Å²) in [5.41, 5.74) is 0.629. The Labute approximate surface area is 122 Å². The van der Waals surface area contributed by atoms with Crippen molar-refractivity contribution in [2.24, 2.45) is 5.92 Å². The van der Waals surface area contributed by atoms with Gasteiger partial charge in [0.15, 0.2) is 0 Å². The van der Waals surface area contributed by atoms with Crippen LogP contribution in [-0.4, -0.2) is 23.7 Å². The maximum absolute atomic E-state index is 13.6. The maximum atomic E-state index is 13.6. The number of hydrogen-bond donors (Lipinski definition) is 2. The third-order valence-corrected chi connectivity index (χ3v) is 3.86. The minimum Gasteiger partial charge on any atom is -0.393 e. The number of aliphatic hydroxyl groups is 1. The molecule has 114 valence electrons. The summed E-state index contributed by atoms with van der Waals surface area (Å²) in [7, 11) is 0. The van der Waals surface area contributed by atoms with E-state index in [1.807, 2.05) is 0 Å². The number of rotatable bonds is 4. The van der Waals surface area contributed by atoms with Gasteiger partial charge in [0.2, 0.25) is 5.91 Å². The van der Waals surface area contributed by atoms with Crippen molar-refractivity contribution in [2.75, 3.05) is 6.54 Å². The van der Waals surface area contributed by atoms with Crippen LogP contribution in [-0.2, 0) is 4.79 Å². The van der Waals surface area contributed by atoms with E-state index in [0.717, 1.165) is 31.4 Å². The van der Waals surface area contributed by atoms with Gasteiger partial charge in [-0.15, -0.1) is 0 Å². The molecule has 1 aliphatic carbocycles. The van der Waals surface area contributed by atoms with Crippen LogP contribution in [0.5, 0.6) is 0 Å².